The summed E-state index contributed by atoms with van der Waals surface area (Å²) in [4.78, 5) is 20.7. The Morgan fingerprint density at radius 1 is 0.298 bits per heavy atom. The highest BCUT2D eigenvalue weighted by Gasteiger charge is 2.53. The van der Waals surface area contributed by atoms with Crippen molar-refractivity contribution in [3.8, 4) is 67.8 Å². The normalized spacial score (nSPS) is 13.1. The summed E-state index contributed by atoms with van der Waals surface area (Å²) in [6.45, 7) is 0. The third kappa shape index (κ3) is 4.62. The summed E-state index contributed by atoms with van der Waals surface area (Å²) in [6.07, 6.45) is 0. The van der Waals surface area contributed by atoms with Crippen LogP contribution >= 0.6 is 0 Å². The average Bonchev–Trinajstić information content (AvgIpc) is 3.76. The fourth-order valence-electron chi connectivity index (χ4n) is 9.46. The summed E-state index contributed by atoms with van der Waals surface area (Å²) in [5.74, 6) is 1.91. The van der Waals surface area contributed by atoms with E-state index in [0.717, 1.165) is 44.4 Å². The number of aromatic nitrogens is 4. The Balaban J connectivity index is 1.03. The van der Waals surface area contributed by atoms with Gasteiger partial charge in [-0.2, -0.15) is 0 Å². The Hall–Kier alpha value is -7.56. The molecule has 0 aliphatic heterocycles. The lowest BCUT2D eigenvalue weighted by molar-refractivity contribution is 0.799. The first-order valence-corrected chi connectivity index (χ1v) is 19.4. The second kappa shape index (κ2) is 12.2. The van der Waals surface area contributed by atoms with Crippen LogP contribution in [0.2, 0.25) is 0 Å². The van der Waals surface area contributed by atoms with Gasteiger partial charge in [-0.1, -0.05) is 188 Å². The smallest absolute Gasteiger partial charge is 0.164 e. The zero-order valence-electron chi connectivity index (χ0n) is 30.8. The third-order valence-corrected chi connectivity index (χ3v) is 11.9. The largest absolute Gasteiger partial charge is 0.247 e. The van der Waals surface area contributed by atoms with Gasteiger partial charge in [-0.05, 0) is 50.0 Å². The Kier molecular flexibility index (Phi) is 6.81. The fraction of sp³-hybridized carbons (Fsp3) is 0.0189. The standard InChI is InChI=1S/C53H32N4/c1-2-15-35(16-3-1)50-55-51(57-52(56-50)38-31-26-33-14-4-5-17-37(33)32-38)36-29-27-34(28-30-36)48-42-21-7-6-20-41(42)47-49(54-48)43-22-10-13-25-46(43)53(47)44-23-11-8-18-39(44)40-19-9-12-24-45(40)53/h1-32H. The maximum Gasteiger partial charge on any atom is 0.164 e. The number of fused-ring (bicyclic) bond motifs is 13. The van der Waals surface area contributed by atoms with Crippen LogP contribution in [0, 0.1) is 0 Å². The molecular weight excluding hydrogens is 693 g/mol. The van der Waals surface area contributed by atoms with Crippen molar-refractivity contribution < 1.29 is 0 Å². The minimum absolute atomic E-state index is 0.466. The van der Waals surface area contributed by atoms with Crippen LogP contribution in [0.4, 0.5) is 0 Å². The molecule has 2 aliphatic rings. The lowest BCUT2D eigenvalue weighted by Crippen LogP contribution is -2.26. The van der Waals surface area contributed by atoms with Crippen LogP contribution in [-0.2, 0) is 5.41 Å². The Labute approximate surface area is 329 Å². The van der Waals surface area contributed by atoms with Gasteiger partial charge in [0.05, 0.1) is 16.8 Å². The van der Waals surface area contributed by atoms with Crippen molar-refractivity contribution in [2.45, 2.75) is 5.41 Å². The molecule has 8 aromatic carbocycles. The number of pyridine rings is 1. The molecule has 10 aromatic rings. The van der Waals surface area contributed by atoms with Gasteiger partial charge in [0.15, 0.2) is 17.5 Å². The SMILES string of the molecule is c1ccc(-c2nc(-c3ccc(-c4nc5c(c6ccccc46)C4(c6ccccc6-c6ccccc64)c4ccccc4-5)cc3)nc(-c3ccc4ccccc4c3)n2)cc1. The molecule has 4 heteroatoms. The highest BCUT2D eigenvalue weighted by atomic mass is 15.0. The molecule has 0 N–H and O–H groups in total. The lowest BCUT2D eigenvalue weighted by atomic mass is 9.69. The molecule has 2 aliphatic carbocycles. The third-order valence-electron chi connectivity index (χ3n) is 11.9. The first-order valence-electron chi connectivity index (χ1n) is 19.4. The van der Waals surface area contributed by atoms with Crippen LogP contribution in [0.15, 0.2) is 194 Å². The van der Waals surface area contributed by atoms with E-state index in [1.54, 1.807) is 0 Å². The van der Waals surface area contributed by atoms with Gasteiger partial charge in [-0.15, -0.1) is 0 Å². The van der Waals surface area contributed by atoms with Crippen LogP contribution < -0.4 is 0 Å². The highest BCUT2D eigenvalue weighted by Crippen LogP contribution is 2.64. The summed E-state index contributed by atoms with van der Waals surface area (Å²) in [5.41, 5.74) is 14.3. The van der Waals surface area contributed by atoms with E-state index in [0.29, 0.717) is 17.5 Å². The van der Waals surface area contributed by atoms with E-state index in [4.69, 9.17) is 19.9 Å². The molecule has 12 rings (SSSR count). The van der Waals surface area contributed by atoms with Crippen molar-refractivity contribution in [2.24, 2.45) is 0 Å². The second-order valence-corrected chi connectivity index (χ2v) is 14.9. The fourth-order valence-corrected chi connectivity index (χ4v) is 9.46. The van der Waals surface area contributed by atoms with Crippen molar-refractivity contribution in [3.05, 3.63) is 216 Å². The lowest BCUT2D eigenvalue weighted by Gasteiger charge is -2.31. The molecule has 57 heavy (non-hydrogen) atoms. The van der Waals surface area contributed by atoms with Gasteiger partial charge < -0.3 is 0 Å². The molecule has 0 fully saturated rings. The summed E-state index contributed by atoms with van der Waals surface area (Å²) in [5, 5.41) is 4.67. The second-order valence-electron chi connectivity index (χ2n) is 14.9. The van der Waals surface area contributed by atoms with Crippen LogP contribution in [0.1, 0.15) is 22.3 Å². The number of hydrogen-bond acceptors (Lipinski definition) is 4. The predicted molar refractivity (Wildman–Crippen MR) is 231 cm³/mol. The molecule has 0 radical (unpaired) electrons. The van der Waals surface area contributed by atoms with Crippen LogP contribution in [0.25, 0.3) is 89.4 Å². The first-order chi connectivity index (χ1) is 28.3. The minimum atomic E-state index is -0.466. The zero-order chi connectivity index (χ0) is 37.5. The molecule has 0 saturated carbocycles. The van der Waals surface area contributed by atoms with Crippen molar-refractivity contribution in [3.63, 3.8) is 0 Å². The van der Waals surface area contributed by atoms with E-state index in [1.807, 2.05) is 30.3 Å². The number of nitrogens with zero attached hydrogens (tertiary/aromatic N) is 4. The molecule has 1 spiro atoms. The van der Waals surface area contributed by atoms with Gasteiger partial charge in [0.1, 0.15) is 0 Å². The van der Waals surface area contributed by atoms with E-state index in [1.165, 1.54) is 49.7 Å². The predicted octanol–water partition coefficient (Wildman–Crippen LogP) is 12.6. The summed E-state index contributed by atoms with van der Waals surface area (Å²) in [6, 6.07) is 69.0. The quantitative estimate of drug-likeness (QED) is 0.181. The van der Waals surface area contributed by atoms with Gasteiger partial charge in [-0.3, -0.25) is 0 Å². The van der Waals surface area contributed by atoms with E-state index in [2.05, 4.69) is 164 Å². The van der Waals surface area contributed by atoms with Gasteiger partial charge >= 0.3 is 0 Å². The zero-order valence-corrected chi connectivity index (χ0v) is 30.8. The topological polar surface area (TPSA) is 51.6 Å². The molecule has 0 atom stereocenters. The summed E-state index contributed by atoms with van der Waals surface area (Å²) < 4.78 is 0. The van der Waals surface area contributed by atoms with Crippen LogP contribution in [0.5, 0.6) is 0 Å². The average molecular weight is 725 g/mol. The Bertz CT molecular complexity index is 3200. The molecule has 2 aromatic heterocycles. The summed E-state index contributed by atoms with van der Waals surface area (Å²) >= 11 is 0. The summed E-state index contributed by atoms with van der Waals surface area (Å²) in [7, 11) is 0. The van der Waals surface area contributed by atoms with Gasteiger partial charge in [0.25, 0.3) is 0 Å². The van der Waals surface area contributed by atoms with E-state index < -0.39 is 5.41 Å². The number of benzene rings is 8. The molecule has 0 amide bonds. The molecule has 264 valence electrons. The maximum atomic E-state index is 5.65. The molecule has 2 heterocycles. The van der Waals surface area contributed by atoms with Gasteiger partial charge in [0.2, 0.25) is 0 Å². The number of hydrogen-bond donors (Lipinski definition) is 0. The molecule has 4 nitrogen and oxygen atoms in total. The van der Waals surface area contributed by atoms with Crippen molar-refractivity contribution in [1.82, 2.24) is 19.9 Å². The van der Waals surface area contributed by atoms with Crippen LogP contribution in [0.3, 0.4) is 0 Å². The Morgan fingerprint density at radius 3 is 1.46 bits per heavy atom. The van der Waals surface area contributed by atoms with Gasteiger partial charge in [-0.25, -0.2) is 19.9 Å². The number of rotatable bonds is 4. The van der Waals surface area contributed by atoms with E-state index in [-0.39, 0.29) is 0 Å². The van der Waals surface area contributed by atoms with E-state index >= 15 is 0 Å². The first kappa shape index (κ1) is 31.8. The van der Waals surface area contributed by atoms with Crippen molar-refractivity contribution in [1.29, 1.82) is 0 Å². The van der Waals surface area contributed by atoms with Crippen molar-refractivity contribution >= 4 is 21.5 Å². The van der Waals surface area contributed by atoms with Crippen LogP contribution in [-0.4, -0.2) is 19.9 Å². The molecule has 0 unspecified atom stereocenters. The van der Waals surface area contributed by atoms with Crippen molar-refractivity contribution in [2.75, 3.05) is 0 Å². The molecular formula is C53H32N4. The minimum Gasteiger partial charge on any atom is -0.247 e. The van der Waals surface area contributed by atoms with Gasteiger partial charge in [0, 0.05) is 38.8 Å². The highest BCUT2D eigenvalue weighted by molar-refractivity contribution is 6.06. The Morgan fingerprint density at radius 2 is 0.772 bits per heavy atom. The maximum absolute atomic E-state index is 5.65. The monoisotopic (exact) mass is 724 g/mol. The molecule has 0 bridgehead atoms. The van der Waals surface area contributed by atoms with E-state index in [9.17, 15) is 0 Å². The molecule has 0 saturated heterocycles.